The molecule has 1 aromatic heterocycles. The summed E-state index contributed by atoms with van der Waals surface area (Å²) in [5.74, 6) is 0.229. The summed E-state index contributed by atoms with van der Waals surface area (Å²) in [6, 6.07) is 7.20. The molecule has 6 heteroatoms. The third kappa shape index (κ3) is 6.98. The molecule has 2 saturated heterocycles. The number of anilines is 1. The minimum absolute atomic E-state index is 0.229. The van der Waals surface area contributed by atoms with Crippen LogP contribution in [0.3, 0.4) is 0 Å². The first-order valence-corrected chi connectivity index (χ1v) is 14.4. The van der Waals surface area contributed by atoms with Crippen LogP contribution < -0.4 is 16.0 Å². The molecule has 0 radical (unpaired) electrons. The summed E-state index contributed by atoms with van der Waals surface area (Å²) in [5, 5.41) is 16.6. The lowest BCUT2D eigenvalue weighted by Crippen LogP contribution is -2.40. The van der Waals surface area contributed by atoms with E-state index >= 15 is 0 Å². The summed E-state index contributed by atoms with van der Waals surface area (Å²) in [7, 11) is 4.13. The quantitative estimate of drug-likeness (QED) is 0.275. The molecule has 0 bridgehead atoms. The van der Waals surface area contributed by atoms with Gasteiger partial charge in [-0.1, -0.05) is 57.6 Å². The molecule has 1 atom stereocenters. The number of allylic oxidation sites excluding steroid dienone is 3. The highest BCUT2D eigenvalue weighted by Crippen LogP contribution is 2.37. The van der Waals surface area contributed by atoms with E-state index in [1.807, 2.05) is 11.7 Å². The second kappa shape index (κ2) is 13.2. The lowest BCUT2D eigenvalue weighted by atomic mass is 9.90. The molecule has 2 aliphatic heterocycles. The molecule has 0 aliphatic carbocycles. The average Bonchev–Trinajstić information content (AvgIpc) is 3.24. The van der Waals surface area contributed by atoms with Gasteiger partial charge in [-0.25, -0.2) is 0 Å². The van der Waals surface area contributed by atoms with Gasteiger partial charge >= 0.3 is 0 Å². The van der Waals surface area contributed by atoms with Gasteiger partial charge in [-0.15, -0.1) is 0 Å². The Morgan fingerprint density at radius 2 is 1.78 bits per heavy atom. The molecule has 37 heavy (non-hydrogen) atoms. The molecule has 202 valence electrons. The number of nitrogens with one attached hydrogen (secondary N) is 3. The highest BCUT2D eigenvalue weighted by atomic mass is 15.3. The van der Waals surface area contributed by atoms with Crippen LogP contribution in [0.1, 0.15) is 82.2 Å². The van der Waals surface area contributed by atoms with E-state index in [1.165, 1.54) is 73.7 Å². The number of aryl methyl sites for hydroxylation is 1. The first-order chi connectivity index (χ1) is 18.0. The second-order valence-corrected chi connectivity index (χ2v) is 11.0. The maximum Gasteiger partial charge on any atom is 0.0913 e. The number of hydrogen-bond donors (Lipinski definition) is 3. The van der Waals surface area contributed by atoms with Crippen LogP contribution in [0.25, 0.3) is 10.9 Å². The number of likely N-dealkylation sites (tertiary alicyclic amines) is 1. The molecule has 1 unspecified atom stereocenters. The highest BCUT2D eigenvalue weighted by Gasteiger charge is 2.26. The van der Waals surface area contributed by atoms with Gasteiger partial charge in [-0.05, 0) is 58.1 Å². The van der Waals surface area contributed by atoms with Crippen LogP contribution in [0.5, 0.6) is 0 Å². The SMILES string of the molecule is C=C1CCC(c2nn(C)c3c(NCCCCCCCCC(=C)N4CCC(NC)CC4)cccc23)C(=C)N1. The number of rotatable bonds is 13. The number of benzene rings is 1. The molecule has 2 fully saturated rings. The first kappa shape index (κ1) is 27.3. The van der Waals surface area contributed by atoms with Crippen molar-refractivity contribution in [1.82, 2.24) is 25.3 Å². The van der Waals surface area contributed by atoms with Gasteiger partial charge in [0.1, 0.15) is 0 Å². The zero-order chi connectivity index (χ0) is 26.2. The van der Waals surface area contributed by atoms with Crippen LogP contribution in [0.4, 0.5) is 5.69 Å². The van der Waals surface area contributed by atoms with Gasteiger partial charge in [-0.2, -0.15) is 5.10 Å². The molecule has 3 heterocycles. The summed E-state index contributed by atoms with van der Waals surface area (Å²) >= 11 is 0. The Morgan fingerprint density at radius 3 is 2.51 bits per heavy atom. The lowest BCUT2D eigenvalue weighted by molar-refractivity contribution is 0.241. The standard InChI is InChI=1S/C31H48N6/c1-23-16-17-27(25(3)34-23)30-28-14-12-15-29(31(28)36(5)35-30)33-20-11-9-7-6-8-10-13-24(2)37-21-18-26(32-4)19-22-37/h12,14-15,26-27,32-34H,1-3,6-11,13,16-22H2,4-5H3. The smallest absolute Gasteiger partial charge is 0.0913 e. The molecule has 3 N–H and O–H groups in total. The summed E-state index contributed by atoms with van der Waals surface area (Å²) < 4.78 is 2.03. The van der Waals surface area contributed by atoms with Crippen molar-refractivity contribution in [2.75, 3.05) is 32.0 Å². The van der Waals surface area contributed by atoms with Crippen LogP contribution in [-0.4, -0.2) is 47.4 Å². The average molecular weight is 505 g/mol. The number of para-hydroxylation sites is 1. The van der Waals surface area contributed by atoms with Gasteiger partial charge in [-0.3, -0.25) is 4.68 Å². The molecule has 6 nitrogen and oxygen atoms in total. The van der Waals surface area contributed by atoms with Gasteiger partial charge in [0.05, 0.1) is 16.9 Å². The Bertz CT molecular complexity index is 1070. The van der Waals surface area contributed by atoms with Gasteiger partial charge in [0.15, 0.2) is 0 Å². The van der Waals surface area contributed by atoms with Crippen molar-refractivity contribution < 1.29 is 0 Å². The van der Waals surface area contributed by atoms with E-state index in [1.54, 1.807) is 0 Å². The van der Waals surface area contributed by atoms with Crippen LogP contribution in [0.15, 0.2) is 55.0 Å². The number of unbranched alkanes of at least 4 members (excludes halogenated alkanes) is 5. The second-order valence-electron chi connectivity index (χ2n) is 11.0. The topological polar surface area (TPSA) is 57.2 Å². The predicted molar refractivity (Wildman–Crippen MR) is 158 cm³/mol. The third-order valence-electron chi connectivity index (χ3n) is 8.27. The molecular formula is C31H48N6. The number of piperidine rings is 2. The zero-order valence-corrected chi connectivity index (χ0v) is 23.2. The first-order valence-electron chi connectivity index (χ1n) is 14.4. The fourth-order valence-electron chi connectivity index (χ4n) is 5.96. The van der Waals surface area contributed by atoms with E-state index in [-0.39, 0.29) is 5.92 Å². The van der Waals surface area contributed by atoms with Gasteiger partial charge < -0.3 is 20.9 Å². The Hall–Kier alpha value is -2.73. The van der Waals surface area contributed by atoms with Crippen molar-refractivity contribution in [2.24, 2.45) is 7.05 Å². The van der Waals surface area contributed by atoms with E-state index in [4.69, 9.17) is 5.10 Å². The predicted octanol–water partition coefficient (Wildman–Crippen LogP) is 6.41. The minimum Gasteiger partial charge on any atom is -0.383 e. The summed E-state index contributed by atoms with van der Waals surface area (Å²) in [4.78, 5) is 2.50. The van der Waals surface area contributed by atoms with Crippen molar-refractivity contribution >= 4 is 16.6 Å². The monoisotopic (exact) mass is 504 g/mol. The Balaban J connectivity index is 1.15. The fraction of sp³-hybridized carbons (Fsp3) is 0.581. The number of hydrogen-bond acceptors (Lipinski definition) is 5. The summed E-state index contributed by atoms with van der Waals surface area (Å²) in [5.41, 5.74) is 6.89. The molecule has 0 amide bonds. The van der Waals surface area contributed by atoms with E-state index in [2.05, 4.69) is 65.8 Å². The number of aromatic nitrogens is 2. The van der Waals surface area contributed by atoms with E-state index in [9.17, 15) is 0 Å². The Kier molecular flexibility index (Phi) is 9.73. The third-order valence-corrected chi connectivity index (χ3v) is 8.27. The van der Waals surface area contributed by atoms with Crippen LogP contribution in [-0.2, 0) is 7.05 Å². The lowest BCUT2D eigenvalue weighted by Gasteiger charge is -2.34. The highest BCUT2D eigenvalue weighted by molar-refractivity contribution is 5.93. The van der Waals surface area contributed by atoms with Crippen molar-refractivity contribution in [1.29, 1.82) is 0 Å². The Labute approximate surface area is 224 Å². The maximum atomic E-state index is 4.92. The normalized spacial score (nSPS) is 18.9. The van der Waals surface area contributed by atoms with Crippen molar-refractivity contribution in [3.63, 3.8) is 0 Å². The number of nitrogens with zero attached hydrogens (tertiary/aromatic N) is 3. The molecule has 2 aromatic rings. The Morgan fingerprint density at radius 1 is 1.05 bits per heavy atom. The van der Waals surface area contributed by atoms with Gasteiger partial charge in [0.2, 0.25) is 0 Å². The zero-order valence-electron chi connectivity index (χ0n) is 23.2. The van der Waals surface area contributed by atoms with E-state index in [0.717, 1.165) is 56.0 Å². The summed E-state index contributed by atoms with van der Waals surface area (Å²) in [6.45, 7) is 16.0. The fourth-order valence-corrected chi connectivity index (χ4v) is 5.96. The molecule has 0 spiro atoms. The van der Waals surface area contributed by atoms with Crippen LogP contribution >= 0.6 is 0 Å². The summed E-state index contributed by atoms with van der Waals surface area (Å²) in [6.07, 6.45) is 13.3. The molecule has 4 rings (SSSR count). The minimum atomic E-state index is 0.229. The van der Waals surface area contributed by atoms with Gasteiger partial charge in [0, 0.05) is 61.1 Å². The van der Waals surface area contributed by atoms with Crippen molar-refractivity contribution in [2.45, 2.75) is 82.6 Å². The maximum absolute atomic E-state index is 4.92. The van der Waals surface area contributed by atoms with E-state index < -0.39 is 0 Å². The van der Waals surface area contributed by atoms with Crippen LogP contribution in [0.2, 0.25) is 0 Å². The molecular weight excluding hydrogens is 456 g/mol. The molecule has 1 aromatic carbocycles. The van der Waals surface area contributed by atoms with Crippen LogP contribution in [0, 0.1) is 0 Å². The number of fused-ring (bicyclic) bond motifs is 1. The van der Waals surface area contributed by atoms with E-state index in [0.29, 0.717) is 6.04 Å². The van der Waals surface area contributed by atoms with Gasteiger partial charge in [0.25, 0.3) is 0 Å². The molecule has 0 saturated carbocycles. The van der Waals surface area contributed by atoms with Crippen molar-refractivity contribution in [3.05, 3.63) is 60.7 Å². The largest absolute Gasteiger partial charge is 0.383 e. The molecule has 2 aliphatic rings. The van der Waals surface area contributed by atoms with Crippen molar-refractivity contribution in [3.8, 4) is 0 Å².